The SMILES string of the molecule is O=C(Nc1ccccc1)c1ccc(NS(=O)(=O)c2ccc(Br)cc2)cc1. The molecule has 26 heavy (non-hydrogen) atoms. The Morgan fingerprint density at radius 2 is 1.38 bits per heavy atom. The first kappa shape index (κ1) is 18.2. The smallest absolute Gasteiger partial charge is 0.261 e. The first-order chi connectivity index (χ1) is 12.4. The predicted molar refractivity (Wildman–Crippen MR) is 106 cm³/mol. The van der Waals surface area contributed by atoms with Crippen molar-refractivity contribution >= 4 is 43.2 Å². The third kappa shape index (κ3) is 4.50. The number of rotatable bonds is 5. The van der Waals surface area contributed by atoms with Gasteiger partial charge in [0.15, 0.2) is 0 Å². The summed E-state index contributed by atoms with van der Waals surface area (Å²) in [5.41, 5.74) is 1.50. The molecule has 0 saturated carbocycles. The Morgan fingerprint density at radius 1 is 0.769 bits per heavy atom. The molecule has 1 amide bonds. The van der Waals surface area contributed by atoms with Gasteiger partial charge in [-0.05, 0) is 60.7 Å². The number of sulfonamides is 1. The topological polar surface area (TPSA) is 75.3 Å². The molecule has 3 aromatic carbocycles. The van der Waals surface area contributed by atoms with E-state index in [1.165, 1.54) is 12.1 Å². The van der Waals surface area contributed by atoms with Crippen molar-refractivity contribution in [2.75, 3.05) is 10.0 Å². The average Bonchev–Trinajstić information content (AvgIpc) is 2.63. The van der Waals surface area contributed by atoms with E-state index in [-0.39, 0.29) is 10.8 Å². The van der Waals surface area contributed by atoms with E-state index in [1.54, 1.807) is 48.5 Å². The number of amides is 1. The van der Waals surface area contributed by atoms with Crippen LogP contribution in [0.2, 0.25) is 0 Å². The average molecular weight is 431 g/mol. The Hall–Kier alpha value is -2.64. The summed E-state index contributed by atoms with van der Waals surface area (Å²) in [5, 5.41) is 2.78. The lowest BCUT2D eigenvalue weighted by molar-refractivity contribution is 0.102. The van der Waals surface area contributed by atoms with Crippen LogP contribution in [0.5, 0.6) is 0 Å². The molecule has 0 bridgehead atoms. The van der Waals surface area contributed by atoms with Crippen LogP contribution in [0, 0.1) is 0 Å². The summed E-state index contributed by atoms with van der Waals surface area (Å²) in [6.45, 7) is 0. The molecule has 0 spiro atoms. The van der Waals surface area contributed by atoms with Gasteiger partial charge < -0.3 is 5.32 Å². The summed E-state index contributed by atoms with van der Waals surface area (Å²) in [4.78, 5) is 12.4. The molecule has 2 N–H and O–H groups in total. The van der Waals surface area contributed by atoms with Gasteiger partial charge in [-0.3, -0.25) is 9.52 Å². The van der Waals surface area contributed by atoms with E-state index < -0.39 is 10.0 Å². The molecule has 0 aliphatic rings. The zero-order chi connectivity index (χ0) is 18.6. The van der Waals surface area contributed by atoms with Gasteiger partial charge >= 0.3 is 0 Å². The molecule has 3 aromatic rings. The fourth-order valence-corrected chi connectivity index (χ4v) is 3.57. The summed E-state index contributed by atoms with van der Waals surface area (Å²) in [7, 11) is -3.68. The van der Waals surface area contributed by atoms with Crippen LogP contribution in [0.3, 0.4) is 0 Å². The molecular weight excluding hydrogens is 416 g/mol. The molecule has 0 heterocycles. The standard InChI is InChI=1S/C19H15BrN2O3S/c20-15-8-12-18(13-9-15)26(24,25)22-17-10-6-14(7-11-17)19(23)21-16-4-2-1-3-5-16/h1-13,22H,(H,21,23). The van der Waals surface area contributed by atoms with E-state index in [1.807, 2.05) is 18.2 Å². The van der Waals surface area contributed by atoms with Crippen LogP contribution in [0.1, 0.15) is 10.4 Å². The zero-order valence-electron chi connectivity index (χ0n) is 13.5. The van der Waals surface area contributed by atoms with Gasteiger partial charge in [-0.1, -0.05) is 34.1 Å². The Kier molecular flexibility index (Phi) is 5.39. The summed E-state index contributed by atoms with van der Waals surface area (Å²) in [6.07, 6.45) is 0. The molecule has 0 atom stereocenters. The molecule has 3 rings (SSSR count). The Morgan fingerprint density at radius 3 is 2.00 bits per heavy atom. The first-order valence-corrected chi connectivity index (χ1v) is 9.96. The molecule has 7 heteroatoms. The quantitative estimate of drug-likeness (QED) is 0.625. The number of halogens is 1. The van der Waals surface area contributed by atoms with Gasteiger partial charge in [0.05, 0.1) is 4.90 Å². The van der Waals surface area contributed by atoms with E-state index >= 15 is 0 Å². The molecule has 0 aliphatic heterocycles. The van der Waals surface area contributed by atoms with Crippen molar-refractivity contribution in [1.29, 1.82) is 0 Å². The van der Waals surface area contributed by atoms with Gasteiger partial charge in [-0.25, -0.2) is 8.42 Å². The van der Waals surface area contributed by atoms with Crippen molar-refractivity contribution in [3.8, 4) is 0 Å². The number of para-hydroxylation sites is 1. The molecule has 0 fully saturated rings. The number of anilines is 2. The van der Waals surface area contributed by atoms with Gasteiger partial charge in [-0.15, -0.1) is 0 Å². The third-order valence-electron chi connectivity index (χ3n) is 3.55. The monoisotopic (exact) mass is 430 g/mol. The number of nitrogens with one attached hydrogen (secondary N) is 2. The Balaban J connectivity index is 1.71. The van der Waals surface area contributed by atoms with Crippen molar-refractivity contribution in [3.05, 3.63) is 88.9 Å². The maximum Gasteiger partial charge on any atom is 0.261 e. The molecule has 0 saturated heterocycles. The number of benzene rings is 3. The highest BCUT2D eigenvalue weighted by Crippen LogP contribution is 2.19. The minimum atomic E-state index is -3.68. The van der Waals surface area contributed by atoms with E-state index in [9.17, 15) is 13.2 Å². The van der Waals surface area contributed by atoms with Crippen molar-refractivity contribution in [2.24, 2.45) is 0 Å². The van der Waals surface area contributed by atoms with Gasteiger partial charge in [-0.2, -0.15) is 0 Å². The number of carbonyl (C=O) groups excluding carboxylic acids is 1. The molecule has 0 radical (unpaired) electrons. The van der Waals surface area contributed by atoms with Crippen LogP contribution in [-0.2, 0) is 10.0 Å². The highest BCUT2D eigenvalue weighted by molar-refractivity contribution is 9.10. The lowest BCUT2D eigenvalue weighted by atomic mass is 10.2. The Bertz CT molecular complexity index is 1000. The highest BCUT2D eigenvalue weighted by Gasteiger charge is 2.14. The molecule has 5 nitrogen and oxygen atoms in total. The van der Waals surface area contributed by atoms with Crippen LogP contribution in [0.25, 0.3) is 0 Å². The molecule has 0 aliphatic carbocycles. The van der Waals surface area contributed by atoms with Crippen LogP contribution >= 0.6 is 15.9 Å². The molecular formula is C19H15BrN2O3S. The second-order valence-corrected chi connectivity index (χ2v) is 8.05. The summed E-state index contributed by atoms with van der Waals surface area (Å²) < 4.78 is 28.0. The van der Waals surface area contributed by atoms with Crippen LogP contribution in [-0.4, -0.2) is 14.3 Å². The largest absolute Gasteiger partial charge is 0.322 e. The summed E-state index contributed by atoms with van der Waals surface area (Å²) in [6, 6.07) is 21.7. The summed E-state index contributed by atoms with van der Waals surface area (Å²) >= 11 is 3.27. The number of hydrogen-bond donors (Lipinski definition) is 2. The van der Waals surface area contributed by atoms with Gasteiger partial charge in [0.25, 0.3) is 15.9 Å². The van der Waals surface area contributed by atoms with Crippen LogP contribution < -0.4 is 10.0 Å². The molecule has 0 aromatic heterocycles. The highest BCUT2D eigenvalue weighted by atomic mass is 79.9. The summed E-state index contributed by atoms with van der Waals surface area (Å²) in [5.74, 6) is -0.265. The molecule has 0 unspecified atom stereocenters. The fourth-order valence-electron chi connectivity index (χ4n) is 2.24. The van der Waals surface area contributed by atoms with Gasteiger partial charge in [0.1, 0.15) is 0 Å². The number of hydrogen-bond acceptors (Lipinski definition) is 3. The lowest BCUT2D eigenvalue weighted by Crippen LogP contribution is -2.14. The lowest BCUT2D eigenvalue weighted by Gasteiger charge is -2.09. The Labute approximate surface area is 160 Å². The number of carbonyl (C=O) groups is 1. The van der Waals surface area contributed by atoms with Crippen molar-refractivity contribution in [3.63, 3.8) is 0 Å². The third-order valence-corrected chi connectivity index (χ3v) is 5.48. The maximum absolute atomic E-state index is 12.4. The van der Waals surface area contributed by atoms with Crippen LogP contribution in [0.15, 0.2) is 88.2 Å². The zero-order valence-corrected chi connectivity index (χ0v) is 15.9. The van der Waals surface area contributed by atoms with Crippen molar-refractivity contribution in [1.82, 2.24) is 0 Å². The van der Waals surface area contributed by atoms with Gasteiger partial charge in [0, 0.05) is 21.4 Å². The van der Waals surface area contributed by atoms with E-state index in [0.29, 0.717) is 16.9 Å². The van der Waals surface area contributed by atoms with E-state index in [2.05, 4.69) is 26.0 Å². The minimum Gasteiger partial charge on any atom is -0.322 e. The van der Waals surface area contributed by atoms with E-state index in [4.69, 9.17) is 0 Å². The second kappa shape index (κ2) is 7.72. The minimum absolute atomic E-state index is 0.159. The van der Waals surface area contributed by atoms with Gasteiger partial charge in [0.2, 0.25) is 0 Å². The predicted octanol–water partition coefficient (Wildman–Crippen LogP) is 4.50. The van der Waals surface area contributed by atoms with Crippen molar-refractivity contribution in [2.45, 2.75) is 4.90 Å². The maximum atomic E-state index is 12.4. The fraction of sp³-hybridized carbons (Fsp3) is 0. The van der Waals surface area contributed by atoms with Crippen molar-refractivity contribution < 1.29 is 13.2 Å². The second-order valence-electron chi connectivity index (χ2n) is 5.46. The molecule has 132 valence electrons. The normalized spacial score (nSPS) is 11.0. The first-order valence-electron chi connectivity index (χ1n) is 7.69. The van der Waals surface area contributed by atoms with Crippen LogP contribution in [0.4, 0.5) is 11.4 Å². The van der Waals surface area contributed by atoms with E-state index in [0.717, 1.165) is 4.47 Å².